The molecule has 500 valence electrons. The summed E-state index contributed by atoms with van der Waals surface area (Å²) >= 11 is 0. The molecule has 6 heterocycles. The molecule has 0 spiro atoms. The molecule has 0 bridgehead atoms. The number of ether oxygens (including phenoxy) is 11. The molecule has 0 aromatic rings. The number of likely N-dealkylation sites (N-methyl/N-ethyl adjacent to an activating group) is 1. The summed E-state index contributed by atoms with van der Waals surface area (Å²) < 4.78 is 87.6. The Morgan fingerprint density at radius 2 is 0.837 bits per heavy atom. The Labute approximate surface area is 490 Å². The van der Waals surface area contributed by atoms with Gasteiger partial charge in [-0.25, -0.2) is 4.57 Å². The molecule has 38 nitrogen and oxygen atoms in total. The summed E-state index contributed by atoms with van der Waals surface area (Å²) in [4.78, 5) is 47.6. The van der Waals surface area contributed by atoms with E-state index < -0.39 is 249 Å². The number of phosphoric acid groups is 1. The average Bonchev–Trinajstić information content (AvgIpc) is 1.44. The van der Waals surface area contributed by atoms with E-state index in [4.69, 9.17) is 61.2 Å². The lowest BCUT2D eigenvalue weighted by molar-refractivity contribution is -0.870. The first kappa shape index (κ1) is 72.5. The van der Waals surface area contributed by atoms with Crippen LogP contribution in [0.25, 0.3) is 0 Å². The maximum atomic E-state index is 12.9. The van der Waals surface area contributed by atoms with Crippen molar-refractivity contribution >= 4 is 25.5 Å². The van der Waals surface area contributed by atoms with E-state index in [0.29, 0.717) is 4.48 Å². The lowest BCUT2D eigenvalue weighted by Crippen LogP contribution is -2.70. The topological polar surface area (TPSA) is 568 Å². The van der Waals surface area contributed by atoms with E-state index in [9.17, 15) is 106 Å². The van der Waals surface area contributed by atoms with E-state index in [1.54, 1.807) is 21.1 Å². The van der Waals surface area contributed by atoms with Crippen LogP contribution in [0.4, 0.5) is 0 Å². The molecular formula is C47H84N4O34P+. The highest BCUT2D eigenvalue weighted by molar-refractivity contribution is 7.47. The van der Waals surface area contributed by atoms with Crippen molar-refractivity contribution < 1.29 is 171 Å². The predicted molar refractivity (Wildman–Crippen MR) is 271 cm³/mol. The highest BCUT2D eigenvalue weighted by Gasteiger charge is 2.58. The third kappa shape index (κ3) is 17.7. The fraction of sp³-hybridized carbons (Fsp3) is 0.936. The standard InChI is InChI=1S/C47H83N4O34P/c1-15(56)48-24-32(64)38(20(11-54)76-42(24)70)82-44-26(50-17(3)58)33(65)39(21(12-55)79-44)83-46-37(69)40(30(62)22(81-46)13-73-45-36(68)34(66)27(59)18(9-52)77-45)84-47-41(35(67)28(60)19(10-53)78-47)85-43-25(49-16(2)57)31(63)29(61)23(80-43)14-75-86(71,72)74-8-7-51(4,5)6/h18-47,52-55,59-70H,7-14H2,1-6H3,(H3-,48,49,50,56,57,58,71,72)/p+1/t18-,19-,20-,21-,22-,23-,24-,25-,26-,27-,28-,29-,30-,31-,32-,33-,34+,35+,36+,37+,38-,39-,40+,41+,42-,43+,44+,45+,46+,47-/m1/s1. The van der Waals surface area contributed by atoms with Crippen molar-refractivity contribution in [1.29, 1.82) is 0 Å². The fourth-order valence-corrected chi connectivity index (χ4v) is 10.9. The Kier molecular flexibility index (Phi) is 26.2. The quantitative estimate of drug-likeness (QED) is 0.0298. The van der Waals surface area contributed by atoms with Crippen molar-refractivity contribution in [3.05, 3.63) is 0 Å². The van der Waals surface area contributed by atoms with E-state index in [1.165, 1.54) is 0 Å². The number of carbonyl (C=O) groups is 3. The van der Waals surface area contributed by atoms with Crippen LogP contribution in [0.3, 0.4) is 0 Å². The number of hydrogen-bond acceptors (Lipinski definition) is 33. The predicted octanol–water partition coefficient (Wildman–Crippen LogP) is -12.8. The van der Waals surface area contributed by atoms with Crippen molar-refractivity contribution in [3.8, 4) is 0 Å². The highest BCUT2D eigenvalue weighted by atomic mass is 31.2. The van der Waals surface area contributed by atoms with Gasteiger partial charge in [0.25, 0.3) is 0 Å². The zero-order valence-corrected chi connectivity index (χ0v) is 48.3. The minimum Gasteiger partial charge on any atom is -0.394 e. The zero-order valence-electron chi connectivity index (χ0n) is 47.4. The molecule has 1 unspecified atom stereocenters. The van der Waals surface area contributed by atoms with Gasteiger partial charge >= 0.3 is 7.82 Å². The smallest absolute Gasteiger partial charge is 0.394 e. The lowest BCUT2D eigenvalue weighted by Gasteiger charge is -2.51. The largest absolute Gasteiger partial charge is 0.472 e. The number of hydrogen-bond donors (Lipinski definition) is 20. The van der Waals surface area contributed by atoms with Gasteiger partial charge in [0.15, 0.2) is 37.7 Å². The minimum absolute atomic E-state index is 0.240. The molecule has 86 heavy (non-hydrogen) atoms. The van der Waals surface area contributed by atoms with Gasteiger partial charge in [-0.1, -0.05) is 0 Å². The average molecular weight is 1280 g/mol. The van der Waals surface area contributed by atoms with Gasteiger partial charge in [-0.15, -0.1) is 0 Å². The van der Waals surface area contributed by atoms with Crippen molar-refractivity contribution in [2.75, 3.05) is 73.9 Å². The summed E-state index contributed by atoms with van der Waals surface area (Å²) in [7, 11) is 0.422. The summed E-state index contributed by atoms with van der Waals surface area (Å²) in [6.45, 7) is -2.99. The van der Waals surface area contributed by atoms with Crippen LogP contribution >= 0.6 is 7.82 Å². The number of nitrogens with one attached hydrogen (secondary N) is 3. The minimum atomic E-state index is -4.89. The molecule has 0 aliphatic carbocycles. The summed E-state index contributed by atoms with van der Waals surface area (Å²) in [6.07, 6.45) is -53.9. The van der Waals surface area contributed by atoms with Gasteiger partial charge < -0.3 is 159 Å². The van der Waals surface area contributed by atoms with E-state index in [-0.39, 0.29) is 13.2 Å². The van der Waals surface area contributed by atoms with E-state index in [0.717, 1.165) is 20.8 Å². The number of rotatable bonds is 25. The maximum absolute atomic E-state index is 12.9. The monoisotopic (exact) mass is 1280 g/mol. The summed E-state index contributed by atoms with van der Waals surface area (Å²) in [5.74, 6) is -2.46. The SMILES string of the molecule is CC(=O)N[C@@H]1[C@@H](O)[C@H](O[C@@H]2O[C@H](CO)[C@@H](O[C@@H]3O[C@H](CO[C@H]4O[C@H](CO)[C@@H](O)[C@H](O)[C@@H]4O)[C@@H](O)[C@H](O[C@H]4O[C@H](CO)[C@@H](O)[C@H](O)[C@@H]4O[C@@H]4O[C@H](COP(=O)(O)OCC[N+](C)(C)C)[C@@H](O)[C@H](O)[C@H]4NC(C)=O)[C@@H]3O)[C@H](O)[C@H]2NC(C)=O)[C@@H](CO)O[C@H]1O. The molecule has 3 amide bonds. The number of aliphatic hydroxyl groups is 16. The second kappa shape index (κ2) is 31.1. The number of carbonyl (C=O) groups excluding carboxylic acids is 3. The van der Waals surface area contributed by atoms with Gasteiger partial charge in [0.1, 0.15) is 159 Å². The van der Waals surface area contributed by atoms with Crippen molar-refractivity contribution in [1.82, 2.24) is 16.0 Å². The van der Waals surface area contributed by atoms with Crippen molar-refractivity contribution in [2.24, 2.45) is 0 Å². The van der Waals surface area contributed by atoms with Gasteiger partial charge in [-0.05, 0) is 0 Å². The Balaban J connectivity index is 1.32. The van der Waals surface area contributed by atoms with Gasteiger partial charge in [0, 0.05) is 20.8 Å². The number of nitrogens with zero attached hydrogens (tertiary/aromatic N) is 1. The molecule has 0 aromatic carbocycles. The first-order chi connectivity index (χ1) is 40.3. The Hall–Kier alpha value is -2.60. The number of amides is 3. The van der Waals surface area contributed by atoms with Crippen LogP contribution in [0.5, 0.6) is 0 Å². The molecule has 39 heteroatoms. The maximum Gasteiger partial charge on any atom is 0.472 e. The van der Waals surface area contributed by atoms with E-state index in [2.05, 4.69) is 16.0 Å². The van der Waals surface area contributed by atoms with E-state index in [1.807, 2.05) is 0 Å². The molecule has 0 radical (unpaired) electrons. The highest BCUT2D eigenvalue weighted by Crippen LogP contribution is 2.44. The number of aliphatic hydroxyl groups excluding tert-OH is 16. The third-order valence-electron chi connectivity index (χ3n) is 14.9. The van der Waals surface area contributed by atoms with E-state index >= 15 is 0 Å². The molecule has 31 atom stereocenters. The molecule has 6 saturated heterocycles. The van der Waals surface area contributed by atoms with Crippen molar-refractivity contribution in [3.63, 3.8) is 0 Å². The molecular weight excluding hydrogens is 1200 g/mol. The van der Waals surface area contributed by atoms with Gasteiger partial charge in [0.05, 0.1) is 60.8 Å². The molecule has 6 rings (SSSR count). The summed E-state index contributed by atoms with van der Waals surface area (Å²) in [5, 5.41) is 183. The third-order valence-corrected chi connectivity index (χ3v) is 15.8. The first-order valence-electron chi connectivity index (χ1n) is 27.3. The Morgan fingerprint density at radius 3 is 1.38 bits per heavy atom. The van der Waals surface area contributed by atoms with Crippen LogP contribution in [0.15, 0.2) is 0 Å². The van der Waals surface area contributed by atoms with Crippen LogP contribution in [-0.4, -0.2) is 367 Å². The van der Waals surface area contributed by atoms with Crippen LogP contribution in [0, 0.1) is 0 Å². The summed E-state index contributed by atoms with van der Waals surface area (Å²) in [6, 6.07) is -5.18. The first-order valence-corrected chi connectivity index (χ1v) is 28.8. The molecule has 6 fully saturated rings. The molecule has 20 N–H and O–H groups in total. The van der Waals surface area contributed by atoms with Gasteiger partial charge in [-0.3, -0.25) is 23.4 Å². The fourth-order valence-electron chi connectivity index (χ4n) is 10.2. The normalized spacial score (nSPS) is 44.9. The number of phosphoric ester groups is 1. The van der Waals surface area contributed by atoms with Crippen LogP contribution in [-0.2, 0) is 80.1 Å². The zero-order chi connectivity index (χ0) is 64.0. The molecule has 6 aliphatic rings. The summed E-state index contributed by atoms with van der Waals surface area (Å²) in [5.41, 5.74) is 0. The van der Waals surface area contributed by atoms with Crippen LogP contribution in [0.1, 0.15) is 20.8 Å². The second-order valence-electron chi connectivity index (χ2n) is 22.4. The van der Waals surface area contributed by atoms with Crippen LogP contribution in [0.2, 0.25) is 0 Å². The van der Waals surface area contributed by atoms with Crippen LogP contribution < -0.4 is 16.0 Å². The molecule has 6 aliphatic heterocycles. The Morgan fingerprint density at radius 1 is 0.419 bits per heavy atom. The molecule has 0 saturated carbocycles. The van der Waals surface area contributed by atoms with Crippen molar-refractivity contribution in [2.45, 2.75) is 205 Å². The second-order valence-corrected chi connectivity index (χ2v) is 23.9. The number of quaternary nitrogens is 1. The van der Waals surface area contributed by atoms with Gasteiger partial charge in [-0.2, -0.15) is 0 Å². The molecule has 0 aromatic heterocycles. The Bertz CT molecular complexity index is 2220. The lowest BCUT2D eigenvalue weighted by atomic mass is 9.94. The van der Waals surface area contributed by atoms with Gasteiger partial charge in [0.2, 0.25) is 17.7 Å².